The molecule has 22 heavy (non-hydrogen) atoms. The molecule has 1 saturated heterocycles. The van der Waals surface area contributed by atoms with Gasteiger partial charge in [-0.05, 0) is 39.3 Å². The van der Waals surface area contributed by atoms with Crippen LogP contribution in [-0.4, -0.2) is 29.2 Å². The van der Waals surface area contributed by atoms with Crippen molar-refractivity contribution in [1.82, 2.24) is 10.1 Å². The minimum atomic E-state index is -0.336. The van der Waals surface area contributed by atoms with Gasteiger partial charge in [0.25, 0.3) is 0 Å². The van der Waals surface area contributed by atoms with Crippen LogP contribution in [0.2, 0.25) is 0 Å². The van der Waals surface area contributed by atoms with Gasteiger partial charge in [-0.15, -0.1) is 0 Å². The first-order valence-electron chi connectivity index (χ1n) is 7.59. The largest absolute Gasteiger partial charge is 0.467 e. The van der Waals surface area contributed by atoms with Crippen molar-refractivity contribution in [3.63, 3.8) is 0 Å². The molecule has 0 aliphatic carbocycles. The zero-order valence-corrected chi connectivity index (χ0v) is 12.9. The number of aryl methyl sites for hydroxylation is 1. The minimum Gasteiger partial charge on any atom is -0.467 e. The second-order valence-electron chi connectivity index (χ2n) is 5.48. The lowest BCUT2D eigenvalue weighted by molar-refractivity contribution is 0.0521. The summed E-state index contributed by atoms with van der Waals surface area (Å²) < 4.78 is 16.0. The van der Waals surface area contributed by atoms with Gasteiger partial charge in [0.05, 0.1) is 31.2 Å². The Hall–Kier alpha value is -2.08. The Morgan fingerprint density at radius 2 is 2.41 bits per heavy atom. The Bertz CT molecular complexity index is 646. The van der Waals surface area contributed by atoms with Gasteiger partial charge in [0.2, 0.25) is 0 Å². The molecule has 0 radical (unpaired) electrons. The van der Waals surface area contributed by atoms with Gasteiger partial charge in [-0.2, -0.15) is 0 Å². The van der Waals surface area contributed by atoms with Gasteiger partial charge in [0.1, 0.15) is 11.3 Å². The summed E-state index contributed by atoms with van der Waals surface area (Å²) in [5, 5.41) is 3.96. The highest BCUT2D eigenvalue weighted by molar-refractivity contribution is 5.90. The molecule has 2 aromatic heterocycles. The smallest absolute Gasteiger partial charge is 0.341 e. The fraction of sp³-hybridized carbons (Fsp3) is 0.500. The molecule has 3 rings (SSSR count). The van der Waals surface area contributed by atoms with E-state index in [4.69, 9.17) is 13.7 Å². The molecule has 0 N–H and O–H groups in total. The Balaban J connectivity index is 1.75. The molecule has 0 unspecified atom stereocenters. The Morgan fingerprint density at radius 1 is 1.55 bits per heavy atom. The van der Waals surface area contributed by atoms with Gasteiger partial charge in [0.15, 0.2) is 5.76 Å². The fourth-order valence-corrected chi connectivity index (χ4v) is 2.92. The second-order valence-corrected chi connectivity index (χ2v) is 5.48. The number of carbonyl (C=O) groups excluding carboxylic acids is 1. The second kappa shape index (κ2) is 6.36. The zero-order valence-electron chi connectivity index (χ0n) is 12.9. The van der Waals surface area contributed by atoms with Crippen molar-refractivity contribution >= 4 is 5.97 Å². The third-order valence-corrected chi connectivity index (χ3v) is 3.93. The molecular formula is C16H20N2O4. The van der Waals surface area contributed by atoms with Gasteiger partial charge >= 0.3 is 5.97 Å². The van der Waals surface area contributed by atoms with Crippen molar-refractivity contribution in [3.8, 4) is 0 Å². The van der Waals surface area contributed by atoms with E-state index in [2.05, 4.69) is 10.1 Å². The van der Waals surface area contributed by atoms with E-state index in [0.29, 0.717) is 24.5 Å². The van der Waals surface area contributed by atoms with Gasteiger partial charge in [-0.1, -0.05) is 5.16 Å². The van der Waals surface area contributed by atoms with Crippen molar-refractivity contribution < 1.29 is 18.5 Å². The molecule has 1 aliphatic heterocycles. The first kappa shape index (κ1) is 14.8. The van der Waals surface area contributed by atoms with E-state index in [-0.39, 0.29) is 12.0 Å². The number of likely N-dealkylation sites (tertiary alicyclic amines) is 1. The number of esters is 1. The number of hydrogen-bond acceptors (Lipinski definition) is 6. The summed E-state index contributed by atoms with van der Waals surface area (Å²) >= 11 is 0. The summed E-state index contributed by atoms with van der Waals surface area (Å²) in [5.74, 6) is 1.18. The quantitative estimate of drug-likeness (QED) is 0.791. The number of ether oxygens (including phenoxy) is 1. The predicted molar refractivity (Wildman–Crippen MR) is 78.3 cm³/mol. The number of aromatic nitrogens is 1. The van der Waals surface area contributed by atoms with Crippen LogP contribution in [0.15, 0.2) is 27.3 Å². The molecule has 1 aliphatic rings. The molecule has 1 atom stereocenters. The summed E-state index contributed by atoms with van der Waals surface area (Å²) in [7, 11) is 0. The summed E-state index contributed by atoms with van der Waals surface area (Å²) in [6.07, 6.45) is 3.63. The lowest BCUT2D eigenvalue weighted by Gasteiger charge is -2.21. The van der Waals surface area contributed by atoms with Crippen LogP contribution < -0.4 is 0 Å². The highest BCUT2D eigenvalue weighted by Crippen LogP contribution is 2.34. The molecule has 0 bridgehead atoms. The Labute approximate surface area is 129 Å². The van der Waals surface area contributed by atoms with E-state index in [1.165, 1.54) is 6.26 Å². The predicted octanol–water partition coefficient (Wildman–Crippen LogP) is 3.09. The maximum Gasteiger partial charge on any atom is 0.341 e. The third kappa shape index (κ3) is 2.92. The number of carbonyl (C=O) groups is 1. The average Bonchev–Trinajstić information content (AvgIpc) is 3.20. The number of nitrogens with zero attached hydrogens (tertiary/aromatic N) is 2. The standard InChI is InChI=1S/C16H20N2O4/c1-3-20-16(19)12-6-8-21-15(12)10-18-7-4-5-13(18)14-9-11(2)17-22-14/h6,8-9,13H,3-5,7,10H2,1-2H3/t13-/m1/s1. The van der Waals surface area contributed by atoms with E-state index < -0.39 is 0 Å². The Kier molecular flexibility index (Phi) is 4.29. The minimum absolute atomic E-state index is 0.182. The molecule has 0 aromatic carbocycles. The monoisotopic (exact) mass is 304 g/mol. The van der Waals surface area contributed by atoms with Crippen molar-refractivity contribution in [2.75, 3.05) is 13.2 Å². The van der Waals surface area contributed by atoms with E-state index in [1.54, 1.807) is 13.0 Å². The summed E-state index contributed by atoms with van der Waals surface area (Å²) in [4.78, 5) is 14.2. The van der Waals surface area contributed by atoms with Gasteiger partial charge < -0.3 is 13.7 Å². The molecule has 0 spiro atoms. The number of hydrogen-bond donors (Lipinski definition) is 0. The number of rotatable bonds is 5. The lowest BCUT2D eigenvalue weighted by Crippen LogP contribution is -2.23. The molecule has 6 heteroatoms. The summed E-state index contributed by atoms with van der Waals surface area (Å²) in [6.45, 7) is 5.56. The summed E-state index contributed by atoms with van der Waals surface area (Å²) in [6, 6.07) is 3.82. The lowest BCUT2D eigenvalue weighted by atomic mass is 10.1. The van der Waals surface area contributed by atoms with E-state index in [1.807, 2.05) is 13.0 Å². The highest BCUT2D eigenvalue weighted by Gasteiger charge is 2.31. The van der Waals surface area contributed by atoms with Crippen molar-refractivity contribution in [1.29, 1.82) is 0 Å². The summed E-state index contributed by atoms with van der Waals surface area (Å²) in [5.41, 5.74) is 1.38. The fourth-order valence-electron chi connectivity index (χ4n) is 2.92. The van der Waals surface area contributed by atoms with Crippen LogP contribution in [0.1, 0.15) is 53.4 Å². The van der Waals surface area contributed by atoms with Crippen molar-refractivity contribution in [2.45, 2.75) is 39.3 Å². The van der Waals surface area contributed by atoms with Crippen LogP contribution in [-0.2, 0) is 11.3 Å². The van der Waals surface area contributed by atoms with Crippen LogP contribution in [0.25, 0.3) is 0 Å². The van der Waals surface area contributed by atoms with Gasteiger partial charge in [0, 0.05) is 6.07 Å². The Morgan fingerprint density at radius 3 is 3.14 bits per heavy atom. The van der Waals surface area contributed by atoms with Crippen LogP contribution in [0.3, 0.4) is 0 Å². The van der Waals surface area contributed by atoms with E-state index in [0.717, 1.165) is 30.8 Å². The molecule has 2 aromatic rings. The van der Waals surface area contributed by atoms with Crippen LogP contribution in [0.5, 0.6) is 0 Å². The van der Waals surface area contributed by atoms with E-state index >= 15 is 0 Å². The first-order chi connectivity index (χ1) is 10.7. The molecule has 3 heterocycles. The molecule has 1 fully saturated rings. The zero-order chi connectivity index (χ0) is 15.5. The maximum absolute atomic E-state index is 11.9. The molecular weight excluding hydrogens is 284 g/mol. The van der Waals surface area contributed by atoms with Crippen molar-refractivity contribution in [2.24, 2.45) is 0 Å². The third-order valence-electron chi connectivity index (χ3n) is 3.93. The SMILES string of the molecule is CCOC(=O)c1ccoc1CN1CCC[C@@H]1c1cc(C)no1. The first-order valence-corrected chi connectivity index (χ1v) is 7.59. The molecule has 6 nitrogen and oxygen atoms in total. The van der Waals surface area contributed by atoms with E-state index in [9.17, 15) is 4.79 Å². The van der Waals surface area contributed by atoms with Gasteiger partial charge in [-0.3, -0.25) is 4.90 Å². The van der Waals surface area contributed by atoms with Crippen molar-refractivity contribution in [3.05, 3.63) is 41.2 Å². The van der Waals surface area contributed by atoms with Crippen LogP contribution in [0, 0.1) is 6.92 Å². The normalized spacial score (nSPS) is 18.7. The molecule has 118 valence electrons. The van der Waals surface area contributed by atoms with Crippen LogP contribution >= 0.6 is 0 Å². The molecule has 0 saturated carbocycles. The number of furan rings is 1. The average molecular weight is 304 g/mol. The highest BCUT2D eigenvalue weighted by atomic mass is 16.5. The molecule has 0 amide bonds. The van der Waals surface area contributed by atoms with Gasteiger partial charge in [-0.25, -0.2) is 4.79 Å². The topological polar surface area (TPSA) is 68.7 Å². The van der Waals surface area contributed by atoms with Crippen LogP contribution in [0.4, 0.5) is 0 Å². The maximum atomic E-state index is 11.9.